The van der Waals surface area contributed by atoms with Gasteiger partial charge >= 0.3 is 0 Å². The minimum atomic E-state index is 0.482. The highest BCUT2D eigenvalue weighted by molar-refractivity contribution is 4.89. The van der Waals surface area contributed by atoms with Crippen LogP contribution in [0.2, 0.25) is 0 Å². The van der Waals surface area contributed by atoms with Crippen molar-refractivity contribution in [1.29, 1.82) is 0 Å². The predicted octanol–water partition coefficient (Wildman–Crippen LogP) is 2.37. The van der Waals surface area contributed by atoms with E-state index in [-0.39, 0.29) is 0 Å². The Bertz CT molecular complexity index is 223. The Kier molecular flexibility index (Phi) is 7.20. The molecule has 0 aromatic heterocycles. The highest BCUT2D eigenvalue weighted by atomic mass is 16.5. The number of likely N-dealkylation sites (N-methyl/N-ethyl adjacent to an activating group) is 1. The number of nitrogens with one attached hydrogen (secondary N) is 1. The third-order valence-electron chi connectivity index (χ3n) is 4.22. The Morgan fingerprint density at radius 3 is 2.83 bits per heavy atom. The van der Waals surface area contributed by atoms with Crippen molar-refractivity contribution < 1.29 is 4.74 Å². The van der Waals surface area contributed by atoms with Crippen molar-refractivity contribution in [2.75, 3.05) is 46.9 Å². The molecule has 2 unspecified atom stereocenters. The quantitative estimate of drug-likeness (QED) is 0.721. The fraction of sp³-hybridized carbons (Fsp3) is 1.00. The third kappa shape index (κ3) is 5.25. The zero-order valence-corrected chi connectivity index (χ0v) is 12.8. The lowest BCUT2D eigenvalue weighted by molar-refractivity contribution is 0.0768. The summed E-state index contributed by atoms with van der Waals surface area (Å²) in [4.78, 5) is 2.44. The van der Waals surface area contributed by atoms with Crippen molar-refractivity contribution in [2.24, 2.45) is 11.3 Å². The van der Waals surface area contributed by atoms with Gasteiger partial charge in [-0.25, -0.2) is 0 Å². The molecule has 1 aliphatic carbocycles. The van der Waals surface area contributed by atoms with Gasteiger partial charge in [0.05, 0.1) is 6.61 Å². The van der Waals surface area contributed by atoms with E-state index in [1.807, 2.05) is 0 Å². The van der Waals surface area contributed by atoms with Gasteiger partial charge in [-0.05, 0) is 37.8 Å². The maximum atomic E-state index is 5.18. The van der Waals surface area contributed by atoms with Crippen LogP contribution in [0.25, 0.3) is 0 Å². The maximum absolute atomic E-state index is 5.18. The van der Waals surface area contributed by atoms with Gasteiger partial charge in [-0.2, -0.15) is 0 Å². The number of hydrogen-bond donors (Lipinski definition) is 1. The molecular weight excluding hydrogens is 224 g/mol. The van der Waals surface area contributed by atoms with Crippen LogP contribution in [0.15, 0.2) is 0 Å². The van der Waals surface area contributed by atoms with E-state index in [2.05, 4.69) is 31.1 Å². The number of methoxy groups -OCH3 is 1. The predicted molar refractivity (Wildman–Crippen MR) is 78.0 cm³/mol. The van der Waals surface area contributed by atoms with Gasteiger partial charge in [0, 0.05) is 26.7 Å². The third-order valence-corrected chi connectivity index (χ3v) is 4.22. The summed E-state index contributed by atoms with van der Waals surface area (Å²) < 4.78 is 5.18. The molecule has 1 fully saturated rings. The molecule has 0 aliphatic heterocycles. The van der Waals surface area contributed by atoms with Crippen LogP contribution in [0.5, 0.6) is 0 Å². The molecule has 1 N–H and O–H groups in total. The van der Waals surface area contributed by atoms with Gasteiger partial charge in [0.25, 0.3) is 0 Å². The number of ether oxygens (including phenoxy) is 1. The zero-order chi connectivity index (χ0) is 13.4. The lowest BCUT2D eigenvalue weighted by Gasteiger charge is -2.42. The summed E-state index contributed by atoms with van der Waals surface area (Å²) in [6.45, 7) is 9.95. The van der Waals surface area contributed by atoms with Gasteiger partial charge in [0.2, 0.25) is 0 Å². The summed E-state index contributed by atoms with van der Waals surface area (Å²) in [7, 11) is 4.01. The monoisotopic (exact) mass is 256 g/mol. The van der Waals surface area contributed by atoms with Crippen LogP contribution in [0, 0.1) is 11.3 Å². The first-order valence-corrected chi connectivity index (χ1v) is 7.50. The summed E-state index contributed by atoms with van der Waals surface area (Å²) in [5.74, 6) is 0.883. The van der Waals surface area contributed by atoms with Gasteiger partial charge in [0.1, 0.15) is 0 Å². The molecule has 1 aliphatic rings. The van der Waals surface area contributed by atoms with Gasteiger partial charge < -0.3 is 15.0 Å². The molecule has 1 rings (SSSR count). The van der Waals surface area contributed by atoms with Crippen LogP contribution in [-0.4, -0.2) is 51.8 Å². The second-order valence-electron chi connectivity index (χ2n) is 6.21. The van der Waals surface area contributed by atoms with E-state index in [0.29, 0.717) is 5.41 Å². The normalized spacial score (nSPS) is 28.8. The van der Waals surface area contributed by atoms with Crippen LogP contribution in [0.3, 0.4) is 0 Å². The molecule has 0 bridgehead atoms. The van der Waals surface area contributed by atoms with Crippen molar-refractivity contribution in [3.8, 4) is 0 Å². The Labute approximate surface area is 113 Å². The summed E-state index contributed by atoms with van der Waals surface area (Å²) in [6, 6.07) is 0. The van der Waals surface area contributed by atoms with Crippen LogP contribution < -0.4 is 5.32 Å². The minimum Gasteiger partial charge on any atom is -0.383 e. The molecule has 3 nitrogen and oxygen atoms in total. The van der Waals surface area contributed by atoms with Gasteiger partial charge in [-0.1, -0.05) is 26.7 Å². The first kappa shape index (κ1) is 15.9. The van der Waals surface area contributed by atoms with Gasteiger partial charge in [0.15, 0.2) is 0 Å². The van der Waals surface area contributed by atoms with Crippen LogP contribution in [-0.2, 0) is 4.74 Å². The smallest absolute Gasteiger partial charge is 0.0589 e. The molecule has 0 radical (unpaired) electrons. The number of hydrogen-bond acceptors (Lipinski definition) is 3. The lowest BCUT2D eigenvalue weighted by atomic mass is 9.69. The Balaban J connectivity index is 2.53. The summed E-state index contributed by atoms with van der Waals surface area (Å²) >= 11 is 0. The molecule has 0 aromatic rings. The molecule has 3 heteroatoms. The lowest BCUT2D eigenvalue weighted by Crippen LogP contribution is -2.46. The van der Waals surface area contributed by atoms with Gasteiger partial charge in [-0.15, -0.1) is 0 Å². The molecule has 0 aromatic carbocycles. The fourth-order valence-corrected chi connectivity index (χ4v) is 3.42. The molecular formula is C15H32N2O. The van der Waals surface area contributed by atoms with Crippen molar-refractivity contribution >= 4 is 0 Å². The van der Waals surface area contributed by atoms with Crippen molar-refractivity contribution in [1.82, 2.24) is 10.2 Å². The van der Waals surface area contributed by atoms with E-state index in [1.54, 1.807) is 7.11 Å². The zero-order valence-electron chi connectivity index (χ0n) is 12.8. The van der Waals surface area contributed by atoms with Crippen molar-refractivity contribution in [3.05, 3.63) is 0 Å². The topological polar surface area (TPSA) is 24.5 Å². The molecule has 1 saturated carbocycles. The van der Waals surface area contributed by atoms with E-state index in [0.717, 1.165) is 25.6 Å². The molecule has 108 valence electrons. The summed E-state index contributed by atoms with van der Waals surface area (Å²) in [6.07, 6.45) is 5.55. The molecule has 0 amide bonds. The first-order chi connectivity index (χ1) is 8.62. The molecule has 0 saturated heterocycles. The van der Waals surface area contributed by atoms with Crippen molar-refractivity contribution in [3.63, 3.8) is 0 Å². The van der Waals surface area contributed by atoms with Crippen molar-refractivity contribution in [2.45, 2.75) is 39.5 Å². The van der Waals surface area contributed by atoms with Crippen LogP contribution in [0.4, 0.5) is 0 Å². The van der Waals surface area contributed by atoms with Crippen LogP contribution in [0.1, 0.15) is 39.5 Å². The van der Waals surface area contributed by atoms with E-state index < -0.39 is 0 Å². The second kappa shape index (κ2) is 8.13. The van der Waals surface area contributed by atoms with E-state index in [1.165, 1.54) is 38.8 Å². The van der Waals surface area contributed by atoms with Crippen LogP contribution >= 0.6 is 0 Å². The SMILES string of the molecule is CCNCC1(CN(C)CCOC)CCCC(C)C1. The van der Waals surface area contributed by atoms with E-state index in [4.69, 9.17) is 4.74 Å². The standard InChI is InChI=1S/C15H32N2O/c1-5-16-12-15(8-6-7-14(2)11-15)13-17(3)9-10-18-4/h14,16H,5-13H2,1-4H3. The first-order valence-electron chi connectivity index (χ1n) is 7.50. The van der Waals surface area contributed by atoms with Gasteiger partial charge in [-0.3, -0.25) is 0 Å². The maximum Gasteiger partial charge on any atom is 0.0589 e. The Morgan fingerprint density at radius 1 is 1.44 bits per heavy atom. The average Bonchev–Trinajstić information content (AvgIpc) is 2.34. The molecule has 18 heavy (non-hydrogen) atoms. The Morgan fingerprint density at radius 2 is 2.22 bits per heavy atom. The Hall–Kier alpha value is -0.120. The summed E-state index contributed by atoms with van der Waals surface area (Å²) in [5, 5.41) is 3.58. The highest BCUT2D eigenvalue weighted by Crippen LogP contribution is 2.39. The second-order valence-corrected chi connectivity index (χ2v) is 6.21. The number of nitrogens with zero attached hydrogens (tertiary/aromatic N) is 1. The summed E-state index contributed by atoms with van der Waals surface area (Å²) in [5.41, 5.74) is 0.482. The van der Waals surface area contributed by atoms with E-state index in [9.17, 15) is 0 Å². The molecule has 0 spiro atoms. The van der Waals surface area contributed by atoms with E-state index >= 15 is 0 Å². The largest absolute Gasteiger partial charge is 0.383 e. The highest BCUT2D eigenvalue weighted by Gasteiger charge is 2.35. The fourth-order valence-electron chi connectivity index (χ4n) is 3.42. The number of rotatable bonds is 8. The minimum absolute atomic E-state index is 0.482. The average molecular weight is 256 g/mol. The molecule has 0 heterocycles. The molecule has 2 atom stereocenters.